The highest BCUT2D eigenvalue weighted by molar-refractivity contribution is 6.30. The zero-order valence-electron chi connectivity index (χ0n) is 9.87. The summed E-state index contributed by atoms with van der Waals surface area (Å²) in [5.74, 6) is -3.04. The highest BCUT2D eigenvalue weighted by atomic mass is 35.5. The molecule has 0 fully saturated rings. The molecule has 0 aromatic heterocycles. The smallest absolute Gasteiger partial charge is 0.323 e. The number of hydrogen-bond donors (Lipinski definition) is 1. The third-order valence-corrected chi connectivity index (χ3v) is 2.98. The second-order valence-electron chi connectivity index (χ2n) is 4.02. The minimum absolute atomic E-state index is 0.0535. The van der Waals surface area contributed by atoms with E-state index in [1.807, 2.05) is 0 Å². The van der Waals surface area contributed by atoms with Crippen LogP contribution >= 0.6 is 11.6 Å². The van der Waals surface area contributed by atoms with Crippen molar-refractivity contribution < 1.29 is 23.8 Å². The maximum atomic E-state index is 13.7. The van der Waals surface area contributed by atoms with E-state index in [4.69, 9.17) is 16.7 Å². The maximum Gasteiger partial charge on any atom is 0.323 e. The Morgan fingerprint density at radius 1 is 1.50 bits per heavy atom. The van der Waals surface area contributed by atoms with Gasteiger partial charge in [0, 0.05) is 6.42 Å². The lowest BCUT2D eigenvalue weighted by molar-refractivity contribution is -0.165. The van der Waals surface area contributed by atoms with Gasteiger partial charge in [-0.25, -0.2) is 4.39 Å². The van der Waals surface area contributed by atoms with Crippen LogP contribution in [0.1, 0.15) is 12.5 Å². The number of carbonyl (C=O) groups is 2. The van der Waals surface area contributed by atoms with Gasteiger partial charge in [0.1, 0.15) is 5.82 Å². The summed E-state index contributed by atoms with van der Waals surface area (Å²) in [5.41, 5.74) is -1.79. The summed E-state index contributed by atoms with van der Waals surface area (Å²) in [4.78, 5) is 22.7. The Labute approximate surface area is 108 Å². The van der Waals surface area contributed by atoms with E-state index in [1.54, 1.807) is 0 Å². The fraction of sp³-hybridized carbons (Fsp3) is 0.333. The normalized spacial score (nSPS) is 13.8. The third kappa shape index (κ3) is 2.61. The fourth-order valence-corrected chi connectivity index (χ4v) is 1.72. The molecule has 0 aliphatic heterocycles. The zero-order valence-corrected chi connectivity index (χ0v) is 10.6. The molecule has 1 atom stereocenters. The molecule has 1 aromatic rings. The predicted octanol–water partition coefficient (Wildman–Crippen LogP) is 2.29. The lowest BCUT2D eigenvalue weighted by Crippen LogP contribution is -2.39. The quantitative estimate of drug-likeness (QED) is 0.676. The topological polar surface area (TPSA) is 63.6 Å². The molecule has 1 unspecified atom stereocenters. The number of halogens is 2. The van der Waals surface area contributed by atoms with E-state index in [-0.39, 0.29) is 17.0 Å². The van der Waals surface area contributed by atoms with Gasteiger partial charge in [0.15, 0.2) is 5.41 Å². The molecule has 0 aliphatic carbocycles. The number of carboxylic acids is 1. The van der Waals surface area contributed by atoms with Gasteiger partial charge < -0.3 is 9.84 Å². The van der Waals surface area contributed by atoms with Crippen LogP contribution in [0.4, 0.5) is 4.39 Å². The molecule has 0 heterocycles. The van der Waals surface area contributed by atoms with Gasteiger partial charge in [-0.05, 0) is 18.6 Å². The first-order chi connectivity index (χ1) is 8.32. The van der Waals surface area contributed by atoms with Crippen molar-refractivity contribution in [1.82, 2.24) is 0 Å². The number of benzene rings is 1. The molecule has 18 heavy (non-hydrogen) atoms. The van der Waals surface area contributed by atoms with Crippen LogP contribution in [0.2, 0.25) is 5.02 Å². The maximum absolute atomic E-state index is 13.7. The van der Waals surface area contributed by atoms with Crippen molar-refractivity contribution in [1.29, 1.82) is 0 Å². The summed E-state index contributed by atoms with van der Waals surface area (Å²) in [7, 11) is 1.08. The number of carboxylic acid groups (broad SMARTS) is 1. The van der Waals surface area contributed by atoms with E-state index in [2.05, 4.69) is 4.74 Å². The van der Waals surface area contributed by atoms with Crippen LogP contribution in [0.25, 0.3) is 0 Å². The zero-order chi connectivity index (χ0) is 13.9. The first kappa shape index (κ1) is 14.4. The minimum Gasteiger partial charge on any atom is -0.480 e. The molecule has 1 aromatic carbocycles. The summed E-state index contributed by atoms with van der Waals surface area (Å²) in [6.45, 7) is 1.18. The van der Waals surface area contributed by atoms with Gasteiger partial charge in [-0.1, -0.05) is 23.7 Å². The molecule has 1 rings (SSSR count). The summed E-state index contributed by atoms with van der Waals surface area (Å²) >= 11 is 5.60. The van der Waals surface area contributed by atoms with E-state index in [9.17, 15) is 14.0 Å². The Bertz CT molecular complexity index is 489. The van der Waals surface area contributed by atoms with Crippen LogP contribution in [0.15, 0.2) is 18.2 Å². The van der Waals surface area contributed by atoms with Crippen LogP contribution < -0.4 is 0 Å². The highest BCUT2D eigenvalue weighted by Crippen LogP contribution is 2.28. The van der Waals surface area contributed by atoms with Crippen molar-refractivity contribution in [3.8, 4) is 0 Å². The predicted molar refractivity (Wildman–Crippen MR) is 62.9 cm³/mol. The molecule has 0 bridgehead atoms. The van der Waals surface area contributed by atoms with E-state index < -0.39 is 23.2 Å². The number of rotatable bonds is 4. The molecule has 0 radical (unpaired) electrons. The monoisotopic (exact) mass is 274 g/mol. The van der Waals surface area contributed by atoms with Gasteiger partial charge >= 0.3 is 11.9 Å². The summed E-state index contributed by atoms with van der Waals surface area (Å²) < 4.78 is 18.1. The number of hydrogen-bond acceptors (Lipinski definition) is 3. The molecule has 0 saturated carbocycles. The molecular formula is C12H12ClFO4. The first-order valence-corrected chi connectivity index (χ1v) is 5.45. The number of ether oxygens (including phenoxy) is 1. The van der Waals surface area contributed by atoms with Gasteiger partial charge in [0.2, 0.25) is 0 Å². The molecule has 0 amide bonds. The van der Waals surface area contributed by atoms with Gasteiger partial charge in [-0.15, -0.1) is 0 Å². The van der Waals surface area contributed by atoms with Crippen LogP contribution in [0.5, 0.6) is 0 Å². The Hall–Kier alpha value is -1.62. The minimum atomic E-state index is -1.85. The van der Waals surface area contributed by atoms with Crippen LogP contribution in [0, 0.1) is 11.2 Å². The first-order valence-electron chi connectivity index (χ1n) is 5.07. The van der Waals surface area contributed by atoms with Crippen LogP contribution in [0.3, 0.4) is 0 Å². The summed E-state index contributed by atoms with van der Waals surface area (Å²) in [5, 5.41) is 8.98. The molecule has 6 heteroatoms. The van der Waals surface area contributed by atoms with Crippen molar-refractivity contribution in [3.05, 3.63) is 34.6 Å². The van der Waals surface area contributed by atoms with E-state index >= 15 is 0 Å². The van der Waals surface area contributed by atoms with E-state index in [0.717, 1.165) is 7.11 Å². The Balaban J connectivity index is 3.16. The van der Waals surface area contributed by atoms with Gasteiger partial charge in [-0.3, -0.25) is 9.59 Å². The van der Waals surface area contributed by atoms with Crippen molar-refractivity contribution in [2.45, 2.75) is 13.3 Å². The standard InChI is InChI=1S/C12H12ClFO4/c1-12(10(15)16,11(17)18-2)6-7-4-3-5-8(13)9(7)14/h3-5H,6H2,1-2H3,(H,15,16). The largest absolute Gasteiger partial charge is 0.480 e. The Morgan fingerprint density at radius 3 is 2.61 bits per heavy atom. The summed E-state index contributed by atoms with van der Waals surface area (Å²) in [6, 6.07) is 4.21. The number of esters is 1. The van der Waals surface area contributed by atoms with Crippen LogP contribution in [-0.2, 0) is 20.7 Å². The second-order valence-corrected chi connectivity index (χ2v) is 4.43. The van der Waals surface area contributed by atoms with Crippen molar-refractivity contribution in [2.24, 2.45) is 5.41 Å². The molecular weight excluding hydrogens is 263 g/mol. The van der Waals surface area contributed by atoms with E-state index in [1.165, 1.54) is 25.1 Å². The Kier molecular flexibility index (Phi) is 4.29. The van der Waals surface area contributed by atoms with Crippen LogP contribution in [-0.4, -0.2) is 24.2 Å². The second kappa shape index (κ2) is 5.35. The molecule has 0 aliphatic rings. The number of carbonyl (C=O) groups excluding carboxylic acids is 1. The number of aliphatic carboxylic acids is 1. The average molecular weight is 275 g/mol. The molecule has 4 nitrogen and oxygen atoms in total. The fourth-order valence-electron chi connectivity index (χ4n) is 1.53. The van der Waals surface area contributed by atoms with E-state index in [0.29, 0.717) is 0 Å². The molecule has 1 N–H and O–H groups in total. The number of methoxy groups -OCH3 is 1. The summed E-state index contributed by atoms with van der Waals surface area (Å²) in [6.07, 6.45) is -0.332. The lowest BCUT2D eigenvalue weighted by atomic mass is 9.83. The highest BCUT2D eigenvalue weighted by Gasteiger charge is 2.43. The van der Waals surface area contributed by atoms with Gasteiger partial charge in [0.05, 0.1) is 12.1 Å². The third-order valence-electron chi connectivity index (χ3n) is 2.68. The SMILES string of the molecule is COC(=O)C(C)(Cc1cccc(Cl)c1F)C(=O)O. The molecule has 0 saturated heterocycles. The lowest BCUT2D eigenvalue weighted by Gasteiger charge is -2.22. The van der Waals surface area contributed by atoms with Gasteiger partial charge in [-0.2, -0.15) is 0 Å². The molecule has 0 spiro atoms. The van der Waals surface area contributed by atoms with Crippen molar-refractivity contribution in [3.63, 3.8) is 0 Å². The average Bonchev–Trinajstić information content (AvgIpc) is 2.33. The Morgan fingerprint density at radius 2 is 2.11 bits per heavy atom. The van der Waals surface area contributed by atoms with Gasteiger partial charge in [0.25, 0.3) is 0 Å². The molecule has 98 valence electrons. The van der Waals surface area contributed by atoms with Crippen molar-refractivity contribution >= 4 is 23.5 Å². The van der Waals surface area contributed by atoms with Crippen molar-refractivity contribution in [2.75, 3.05) is 7.11 Å².